The fourth-order valence-electron chi connectivity index (χ4n) is 3.20. The monoisotopic (exact) mass is 469 g/mol. The third-order valence-corrected chi connectivity index (χ3v) is 5.72. The summed E-state index contributed by atoms with van der Waals surface area (Å²) in [6.45, 7) is 6.12. The van der Waals surface area contributed by atoms with E-state index in [1.807, 2.05) is 19.9 Å². The molecule has 1 amide bonds. The first-order valence-corrected chi connectivity index (χ1v) is 10.1. The summed E-state index contributed by atoms with van der Waals surface area (Å²) in [6, 6.07) is 13.3. The van der Waals surface area contributed by atoms with Crippen molar-refractivity contribution in [1.82, 2.24) is 9.99 Å². The molecule has 0 bridgehead atoms. The van der Waals surface area contributed by atoms with Crippen LogP contribution in [0.3, 0.4) is 0 Å². The Bertz CT molecular complexity index is 1100. The molecule has 0 aliphatic rings. The lowest BCUT2D eigenvalue weighted by Gasteiger charge is -2.11. The van der Waals surface area contributed by atoms with Crippen molar-refractivity contribution in [3.8, 4) is 17.2 Å². The fraction of sp³-hybridized carbons (Fsp3) is 0.217. The maximum atomic E-state index is 12.5. The first-order chi connectivity index (χ1) is 14.3. The number of amides is 1. The second kappa shape index (κ2) is 9.17. The second-order valence-corrected chi connectivity index (χ2v) is 7.75. The van der Waals surface area contributed by atoms with Gasteiger partial charge in [-0.3, -0.25) is 4.79 Å². The first kappa shape index (κ1) is 21.6. The van der Waals surface area contributed by atoms with Gasteiger partial charge in [0.1, 0.15) is 11.5 Å². The van der Waals surface area contributed by atoms with E-state index in [4.69, 9.17) is 9.47 Å². The summed E-state index contributed by atoms with van der Waals surface area (Å²) in [5.41, 5.74) is 8.24. The van der Waals surface area contributed by atoms with Crippen LogP contribution in [0.5, 0.6) is 11.5 Å². The number of hydrogen-bond acceptors (Lipinski definition) is 4. The minimum Gasteiger partial charge on any atom is -0.497 e. The molecule has 0 atom stereocenters. The highest BCUT2D eigenvalue weighted by Crippen LogP contribution is 2.25. The maximum absolute atomic E-state index is 12.5. The number of aryl methyl sites for hydroxylation is 2. The number of carbonyl (C=O) groups is 1. The smallest absolute Gasteiger partial charge is 0.271 e. The van der Waals surface area contributed by atoms with Crippen molar-refractivity contribution in [2.45, 2.75) is 20.8 Å². The normalized spacial score (nSPS) is 11.0. The van der Waals surface area contributed by atoms with Gasteiger partial charge in [-0.2, -0.15) is 5.10 Å². The Labute approximate surface area is 184 Å². The average molecular weight is 470 g/mol. The van der Waals surface area contributed by atoms with Gasteiger partial charge in [0.25, 0.3) is 5.91 Å². The largest absolute Gasteiger partial charge is 0.497 e. The summed E-state index contributed by atoms with van der Waals surface area (Å²) in [6.07, 6.45) is 1.65. The SMILES string of the molecule is COc1cc(OC)cc(C(=O)N/N=C\c2cc(C)n(-c3ccc(C)c(Br)c3)c2C)c1. The van der Waals surface area contributed by atoms with Crippen LogP contribution in [0.1, 0.15) is 32.9 Å². The van der Waals surface area contributed by atoms with E-state index in [9.17, 15) is 4.79 Å². The number of nitrogens with zero attached hydrogens (tertiary/aromatic N) is 2. The number of nitrogens with one attached hydrogen (secondary N) is 1. The molecule has 1 N–H and O–H groups in total. The summed E-state index contributed by atoms with van der Waals surface area (Å²) in [5.74, 6) is 0.729. The topological polar surface area (TPSA) is 64.8 Å². The van der Waals surface area contributed by atoms with Crippen molar-refractivity contribution in [3.63, 3.8) is 0 Å². The lowest BCUT2D eigenvalue weighted by Crippen LogP contribution is -2.17. The molecular formula is C23H24BrN3O3. The van der Waals surface area contributed by atoms with Gasteiger partial charge in [0.2, 0.25) is 0 Å². The van der Waals surface area contributed by atoms with E-state index >= 15 is 0 Å². The maximum Gasteiger partial charge on any atom is 0.271 e. The van der Waals surface area contributed by atoms with Crippen LogP contribution in [0.25, 0.3) is 5.69 Å². The minimum absolute atomic E-state index is 0.347. The van der Waals surface area contributed by atoms with E-state index in [0.717, 1.165) is 27.1 Å². The highest BCUT2D eigenvalue weighted by Gasteiger charge is 2.12. The molecule has 0 spiro atoms. The average Bonchev–Trinajstić information content (AvgIpc) is 3.02. The molecule has 3 aromatic rings. The molecular weight excluding hydrogens is 446 g/mol. The van der Waals surface area contributed by atoms with Crippen LogP contribution < -0.4 is 14.9 Å². The Morgan fingerprint density at radius 1 is 1.03 bits per heavy atom. The Kier molecular flexibility index (Phi) is 6.62. The van der Waals surface area contributed by atoms with E-state index in [1.54, 1.807) is 24.4 Å². The number of hydrogen-bond donors (Lipinski definition) is 1. The molecule has 0 saturated heterocycles. The van der Waals surface area contributed by atoms with E-state index in [1.165, 1.54) is 19.8 Å². The van der Waals surface area contributed by atoms with Crippen molar-refractivity contribution in [1.29, 1.82) is 0 Å². The van der Waals surface area contributed by atoms with Crippen molar-refractivity contribution in [3.05, 3.63) is 75.0 Å². The van der Waals surface area contributed by atoms with Gasteiger partial charge < -0.3 is 14.0 Å². The van der Waals surface area contributed by atoms with Crippen LogP contribution in [-0.2, 0) is 0 Å². The number of halogens is 1. The molecule has 3 rings (SSSR count). The van der Waals surface area contributed by atoms with Crippen LogP contribution in [0, 0.1) is 20.8 Å². The number of carbonyl (C=O) groups excluding carboxylic acids is 1. The number of rotatable bonds is 6. The second-order valence-electron chi connectivity index (χ2n) is 6.90. The Balaban J connectivity index is 1.80. The van der Waals surface area contributed by atoms with E-state index < -0.39 is 0 Å². The summed E-state index contributed by atoms with van der Waals surface area (Å²) in [5, 5.41) is 4.14. The Morgan fingerprint density at radius 2 is 1.70 bits per heavy atom. The quantitative estimate of drug-likeness (QED) is 0.410. The molecule has 30 heavy (non-hydrogen) atoms. The molecule has 7 heteroatoms. The molecule has 1 heterocycles. The minimum atomic E-state index is -0.347. The van der Waals surface area contributed by atoms with Gasteiger partial charge in [0.05, 0.1) is 20.4 Å². The van der Waals surface area contributed by atoms with Crippen LogP contribution in [-0.4, -0.2) is 30.9 Å². The Morgan fingerprint density at radius 3 is 2.30 bits per heavy atom. The predicted molar refractivity (Wildman–Crippen MR) is 122 cm³/mol. The third kappa shape index (κ3) is 4.57. The van der Waals surface area contributed by atoms with Crippen molar-refractivity contribution >= 4 is 28.1 Å². The standard InChI is InChI=1S/C23H24BrN3O3/c1-14-6-7-19(11-22(14)24)27-15(2)8-18(16(27)3)13-25-26-23(28)17-9-20(29-4)12-21(10-17)30-5/h6-13H,1-5H3,(H,26,28)/b25-13-. The molecule has 0 aliphatic heterocycles. The van der Waals surface area contributed by atoms with Crippen LogP contribution in [0.4, 0.5) is 0 Å². The molecule has 0 fully saturated rings. The molecule has 156 valence electrons. The molecule has 0 unspecified atom stereocenters. The number of aromatic nitrogens is 1. The van der Waals surface area contributed by atoms with E-state index in [-0.39, 0.29) is 5.91 Å². The van der Waals surface area contributed by atoms with Gasteiger partial charge in [0, 0.05) is 38.7 Å². The summed E-state index contributed by atoms with van der Waals surface area (Å²) in [4.78, 5) is 12.5. The zero-order valence-electron chi connectivity index (χ0n) is 17.6. The lowest BCUT2D eigenvalue weighted by molar-refractivity contribution is 0.0954. The molecule has 0 aliphatic carbocycles. The zero-order chi connectivity index (χ0) is 21.8. The number of ether oxygens (including phenoxy) is 2. The highest BCUT2D eigenvalue weighted by atomic mass is 79.9. The zero-order valence-corrected chi connectivity index (χ0v) is 19.2. The fourth-order valence-corrected chi connectivity index (χ4v) is 3.57. The van der Waals surface area contributed by atoms with Crippen molar-refractivity contribution in [2.24, 2.45) is 5.10 Å². The summed E-state index contributed by atoms with van der Waals surface area (Å²) < 4.78 is 13.6. The van der Waals surface area contributed by atoms with Gasteiger partial charge in [0.15, 0.2) is 0 Å². The van der Waals surface area contributed by atoms with Gasteiger partial charge in [-0.05, 0) is 56.7 Å². The van der Waals surface area contributed by atoms with Gasteiger partial charge in [-0.25, -0.2) is 5.43 Å². The lowest BCUT2D eigenvalue weighted by atomic mass is 10.2. The summed E-state index contributed by atoms with van der Waals surface area (Å²) in [7, 11) is 3.08. The number of hydrazone groups is 1. The molecule has 0 radical (unpaired) electrons. The number of benzene rings is 2. The van der Waals surface area contributed by atoms with Gasteiger partial charge >= 0.3 is 0 Å². The number of methoxy groups -OCH3 is 2. The molecule has 6 nitrogen and oxygen atoms in total. The van der Waals surface area contributed by atoms with Crippen LogP contribution in [0.2, 0.25) is 0 Å². The van der Waals surface area contributed by atoms with E-state index in [0.29, 0.717) is 17.1 Å². The predicted octanol–water partition coefficient (Wildman–Crippen LogP) is 4.95. The Hall–Kier alpha value is -3.06. The van der Waals surface area contributed by atoms with Gasteiger partial charge in [-0.15, -0.1) is 0 Å². The van der Waals surface area contributed by atoms with Crippen LogP contribution >= 0.6 is 15.9 Å². The van der Waals surface area contributed by atoms with Crippen molar-refractivity contribution < 1.29 is 14.3 Å². The molecule has 0 saturated carbocycles. The molecule has 2 aromatic carbocycles. The van der Waals surface area contributed by atoms with E-state index in [2.05, 4.69) is 56.1 Å². The third-order valence-electron chi connectivity index (χ3n) is 4.87. The molecule has 1 aromatic heterocycles. The van der Waals surface area contributed by atoms with Crippen molar-refractivity contribution in [2.75, 3.05) is 14.2 Å². The van der Waals surface area contributed by atoms with Crippen LogP contribution in [0.15, 0.2) is 52.0 Å². The first-order valence-electron chi connectivity index (χ1n) is 9.36. The highest BCUT2D eigenvalue weighted by molar-refractivity contribution is 9.10. The summed E-state index contributed by atoms with van der Waals surface area (Å²) >= 11 is 3.59. The van der Waals surface area contributed by atoms with Gasteiger partial charge in [-0.1, -0.05) is 22.0 Å².